The summed E-state index contributed by atoms with van der Waals surface area (Å²) in [6.07, 6.45) is -0.471. The Balaban J connectivity index is 2.07. The summed E-state index contributed by atoms with van der Waals surface area (Å²) in [4.78, 5) is 12.8. The molecule has 27 heavy (non-hydrogen) atoms. The van der Waals surface area contributed by atoms with E-state index in [0.29, 0.717) is 5.92 Å². The van der Waals surface area contributed by atoms with E-state index in [0.717, 1.165) is 32.2 Å². The van der Waals surface area contributed by atoms with E-state index in [9.17, 15) is 25.2 Å². The molecule has 0 aliphatic carbocycles. The number of amides is 1. The molecule has 0 aromatic carbocycles. The molecule has 2 aliphatic rings. The number of piperidine rings is 1. The van der Waals surface area contributed by atoms with E-state index < -0.39 is 42.0 Å². The molecule has 0 radical (unpaired) electrons. The van der Waals surface area contributed by atoms with Gasteiger partial charge in [0.05, 0.1) is 18.2 Å². The molecule has 0 bridgehead atoms. The zero-order chi connectivity index (χ0) is 20.1. The Morgan fingerprint density at radius 3 is 2.59 bits per heavy atom. The van der Waals surface area contributed by atoms with E-state index in [1.807, 2.05) is 0 Å². The number of carbonyl (C=O) groups is 1. The summed E-state index contributed by atoms with van der Waals surface area (Å²) in [6, 6.07) is -1.26. The van der Waals surface area contributed by atoms with Gasteiger partial charge >= 0.3 is 0 Å². The van der Waals surface area contributed by atoms with E-state index in [1.54, 1.807) is 6.26 Å². The summed E-state index contributed by atoms with van der Waals surface area (Å²) in [5.41, 5.74) is -0.756. The highest BCUT2D eigenvalue weighted by molar-refractivity contribution is 7.99. The molecule has 0 spiro atoms. The van der Waals surface area contributed by atoms with Crippen molar-refractivity contribution in [2.24, 2.45) is 5.92 Å². The van der Waals surface area contributed by atoms with Gasteiger partial charge in [-0.05, 0) is 38.5 Å². The van der Waals surface area contributed by atoms with Gasteiger partial charge in [-0.25, -0.2) is 0 Å². The highest BCUT2D eigenvalue weighted by atomic mass is 32.2. The van der Waals surface area contributed by atoms with Crippen LogP contribution in [-0.4, -0.2) is 87.2 Å². The Morgan fingerprint density at radius 2 is 2.00 bits per heavy atom. The van der Waals surface area contributed by atoms with Crippen LogP contribution in [0.1, 0.15) is 39.5 Å². The molecule has 2 heterocycles. The van der Waals surface area contributed by atoms with Crippen molar-refractivity contribution in [3.05, 3.63) is 0 Å². The predicted molar refractivity (Wildman–Crippen MR) is 103 cm³/mol. The summed E-state index contributed by atoms with van der Waals surface area (Å²) in [7, 11) is 0. The number of thioether (sulfide) groups is 1. The zero-order valence-corrected chi connectivity index (χ0v) is 17.1. The van der Waals surface area contributed by atoms with E-state index in [-0.39, 0.29) is 11.9 Å². The van der Waals surface area contributed by atoms with Crippen LogP contribution in [-0.2, 0) is 9.53 Å². The first-order valence-electron chi connectivity index (χ1n) is 9.74. The second kappa shape index (κ2) is 10.4. The van der Waals surface area contributed by atoms with Gasteiger partial charge in [-0.1, -0.05) is 19.8 Å². The lowest BCUT2D eigenvalue weighted by Gasteiger charge is -2.44. The highest BCUT2D eigenvalue weighted by Crippen LogP contribution is 2.29. The molecule has 0 saturated carbocycles. The largest absolute Gasteiger partial charge is 0.391 e. The van der Waals surface area contributed by atoms with Crippen molar-refractivity contribution in [2.75, 3.05) is 12.8 Å². The van der Waals surface area contributed by atoms with Gasteiger partial charge in [0.1, 0.15) is 29.9 Å². The van der Waals surface area contributed by atoms with Crippen LogP contribution in [0, 0.1) is 5.92 Å². The fraction of sp³-hybridized carbons (Fsp3) is 0.944. The average molecular weight is 407 g/mol. The Kier molecular flexibility index (Phi) is 8.79. The molecule has 2 unspecified atom stereocenters. The molecule has 2 saturated heterocycles. The van der Waals surface area contributed by atoms with Crippen LogP contribution in [0.2, 0.25) is 0 Å². The molecule has 9 atom stereocenters. The van der Waals surface area contributed by atoms with Crippen LogP contribution >= 0.6 is 11.8 Å². The maximum atomic E-state index is 12.8. The molecule has 0 aromatic rings. The quantitative estimate of drug-likeness (QED) is 0.324. The van der Waals surface area contributed by atoms with Gasteiger partial charge in [-0.2, -0.15) is 0 Å². The first kappa shape index (κ1) is 22.9. The van der Waals surface area contributed by atoms with Crippen LogP contribution in [0.15, 0.2) is 0 Å². The molecule has 1 amide bonds. The minimum Gasteiger partial charge on any atom is -0.391 e. The third-order valence-electron chi connectivity index (χ3n) is 5.55. The first-order chi connectivity index (χ1) is 12.8. The first-order valence-corrected chi connectivity index (χ1v) is 11.0. The molecule has 9 heteroatoms. The van der Waals surface area contributed by atoms with E-state index in [2.05, 4.69) is 17.6 Å². The fourth-order valence-corrected chi connectivity index (χ4v) is 4.65. The van der Waals surface area contributed by atoms with Crippen molar-refractivity contribution in [1.29, 1.82) is 0 Å². The molecule has 0 aromatic heterocycles. The van der Waals surface area contributed by atoms with Crippen LogP contribution in [0.3, 0.4) is 0 Å². The third-order valence-corrected chi connectivity index (χ3v) is 6.40. The second-order valence-corrected chi connectivity index (χ2v) is 8.57. The molecule has 158 valence electrons. The topological polar surface area (TPSA) is 131 Å². The molecule has 6 N–H and O–H groups in total. The molecule has 2 aliphatic heterocycles. The van der Waals surface area contributed by atoms with Gasteiger partial charge in [-0.15, -0.1) is 11.8 Å². The second-order valence-electron chi connectivity index (χ2n) is 7.64. The Bertz CT molecular complexity index is 479. The van der Waals surface area contributed by atoms with Gasteiger partial charge < -0.3 is 35.8 Å². The normalized spacial score (nSPS) is 39.6. The number of rotatable bonds is 7. The number of aliphatic hydroxyl groups excluding tert-OH is 4. The van der Waals surface area contributed by atoms with Crippen molar-refractivity contribution in [3.63, 3.8) is 0 Å². The summed E-state index contributed by atoms with van der Waals surface area (Å²) >= 11 is 1.20. The minimum atomic E-state index is -1.42. The Labute approximate surface area is 165 Å². The lowest BCUT2D eigenvalue weighted by atomic mass is 9.88. The van der Waals surface area contributed by atoms with E-state index in [4.69, 9.17) is 4.74 Å². The highest BCUT2D eigenvalue weighted by Gasteiger charge is 2.48. The van der Waals surface area contributed by atoms with Crippen LogP contribution in [0.4, 0.5) is 0 Å². The predicted octanol–water partition coefficient (Wildman–Crippen LogP) is -0.809. The van der Waals surface area contributed by atoms with Gasteiger partial charge in [0.2, 0.25) is 5.91 Å². The smallest absolute Gasteiger partial charge is 0.237 e. The minimum absolute atomic E-state index is 0.251. The Hall–Kier alpha value is -0.420. The summed E-state index contributed by atoms with van der Waals surface area (Å²) in [5.74, 6) is 0.241. The van der Waals surface area contributed by atoms with E-state index in [1.165, 1.54) is 18.7 Å². The number of nitrogens with one attached hydrogen (secondary N) is 2. The van der Waals surface area contributed by atoms with Crippen LogP contribution in [0.5, 0.6) is 0 Å². The SMILES string of the molecule is CCCC1CCNC(C(=O)N[C@@H]([C@H]2O[C@H](SC)[C@H](O)[C@@H](O)[C@H]2O)[C@@H](C)O)C1. The van der Waals surface area contributed by atoms with Crippen molar-refractivity contribution < 1.29 is 30.0 Å². The van der Waals surface area contributed by atoms with Gasteiger partial charge in [0.25, 0.3) is 0 Å². The monoisotopic (exact) mass is 406 g/mol. The molecule has 2 rings (SSSR count). The van der Waals surface area contributed by atoms with Gasteiger partial charge in [0, 0.05) is 0 Å². The van der Waals surface area contributed by atoms with Crippen molar-refractivity contribution >= 4 is 17.7 Å². The summed E-state index contributed by atoms with van der Waals surface area (Å²) in [6.45, 7) is 4.40. The van der Waals surface area contributed by atoms with Gasteiger partial charge in [-0.3, -0.25) is 4.79 Å². The number of ether oxygens (including phenoxy) is 1. The molecular formula is C18H34N2O6S. The fourth-order valence-electron chi connectivity index (χ4n) is 3.97. The average Bonchev–Trinajstić information content (AvgIpc) is 2.65. The maximum absolute atomic E-state index is 12.8. The third kappa shape index (κ3) is 5.56. The number of carbonyl (C=O) groups excluding carboxylic acids is 1. The van der Waals surface area contributed by atoms with Crippen molar-refractivity contribution in [1.82, 2.24) is 10.6 Å². The lowest BCUT2D eigenvalue weighted by Crippen LogP contribution is -2.66. The maximum Gasteiger partial charge on any atom is 0.237 e. The molecule has 2 fully saturated rings. The van der Waals surface area contributed by atoms with E-state index >= 15 is 0 Å². The Morgan fingerprint density at radius 1 is 1.30 bits per heavy atom. The van der Waals surface area contributed by atoms with Crippen LogP contribution in [0.25, 0.3) is 0 Å². The van der Waals surface area contributed by atoms with Crippen molar-refractivity contribution in [2.45, 2.75) is 87.6 Å². The summed E-state index contributed by atoms with van der Waals surface area (Å²) < 4.78 is 5.71. The number of aliphatic hydroxyl groups is 4. The van der Waals surface area contributed by atoms with Crippen LogP contribution < -0.4 is 10.6 Å². The van der Waals surface area contributed by atoms with Gasteiger partial charge in [0.15, 0.2) is 0 Å². The standard InChI is InChI=1S/C18H34N2O6S/c1-4-5-10-6-7-19-11(8-10)17(25)20-12(9(2)21)16-14(23)13(22)15(24)18(26-16)27-3/h9-16,18-19,21-24H,4-8H2,1-3H3,(H,20,25)/t9-,10?,11?,12-,13+,14-,15-,16-,18-/m1/s1. The lowest BCUT2D eigenvalue weighted by molar-refractivity contribution is -0.211. The summed E-state index contributed by atoms with van der Waals surface area (Å²) in [5, 5.41) is 46.7. The molecular weight excluding hydrogens is 372 g/mol. The number of hydrogen-bond donors (Lipinski definition) is 6. The molecule has 8 nitrogen and oxygen atoms in total. The van der Waals surface area contributed by atoms with Crippen molar-refractivity contribution in [3.8, 4) is 0 Å². The zero-order valence-electron chi connectivity index (χ0n) is 16.2. The number of hydrogen-bond acceptors (Lipinski definition) is 8.